The van der Waals surface area contributed by atoms with E-state index in [1.807, 2.05) is 0 Å². The van der Waals surface area contributed by atoms with E-state index in [0.717, 1.165) is 12.8 Å². The molecule has 1 aliphatic heterocycles. The van der Waals surface area contributed by atoms with Crippen LogP contribution in [0, 0.1) is 5.92 Å². The van der Waals surface area contributed by atoms with Gasteiger partial charge in [-0.3, -0.25) is 4.79 Å². The highest BCUT2D eigenvalue weighted by Crippen LogP contribution is 2.16. The molecule has 86 valence electrons. The Morgan fingerprint density at radius 2 is 2.33 bits per heavy atom. The summed E-state index contributed by atoms with van der Waals surface area (Å²) in [7, 11) is 0. The summed E-state index contributed by atoms with van der Waals surface area (Å²) in [6, 6.07) is 0. The van der Waals surface area contributed by atoms with Crippen molar-refractivity contribution >= 4 is 11.7 Å². The first-order chi connectivity index (χ1) is 7.17. The molecule has 1 amide bonds. The lowest BCUT2D eigenvalue weighted by atomic mass is 9.99. The first kappa shape index (κ1) is 11.8. The number of aliphatic hydroxyl groups excluding tert-OH is 1. The zero-order valence-electron chi connectivity index (χ0n) is 8.59. The first-order valence-electron chi connectivity index (χ1n) is 5.02. The van der Waals surface area contributed by atoms with Gasteiger partial charge in [-0.15, -0.1) is 0 Å². The van der Waals surface area contributed by atoms with Crippen molar-refractivity contribution in [3.8, 4) is 0 Å². The van der Waals surface area contributed by atoms with E-state index in [4.69, 9.17) is 16.0 Å². The molecule has 0 aromatic rings. The van der Waals surface area contributed by atoms with Gasteiger partial charge in [0, 0.05) is 19.7 Å². The van der Waals surface area contributed by atoms with Gasteiger partial charge in [0.25, 0.3) is 0 Å². The lowest BCUT2D eigenvalue weighted by Gasteiger charge is -2.31. The van der Waals surface area contributed by atoms with Gasteiger partial charge < -0.3 is 20.9 Å². The summed E-state index contributed by atoms with van der Waals surface area (Å²) >= 11 is 0. The number of nitrogens with zero attached hydrogens (tertiary/aromatic N) is 2. The maximum absolute atomic E-state index is 11.6. The number of carbonyl (C=O) groups excluding carboxylic acids is 1. The molecule has 0 radical (unpaired) electrons. The van der Waals surface area contributed by atoms with Gasteiger partial charge in [-0.05, 0) is 18.8 Å². The third kappa shape index (κ3) is 3.39. The summed E-state index contributed by atoms with van der Waals surface area (Å²) in [5, 5.41) is 20.1. The molecule has 6 heteroatoms. The fourth-order valence-electron chi connectivity index (χ4n) is 1.74. The average Bonchev–Trinajstić information content (AvgIpc) is 2.28. The highest BCUT2D eigenvalue weighted by atomic mass is 16.4. The van der Waals surface area contributed by atoms with Crippen LogP contribution in [0.3, 0.4) is 0 Å². The van der Waals surface area contributed by atoms with Crippen molar-refractivity contribution in [2.75, 3.05) is 19.7 Å². The lowest BCUT2D eigenvalue weighted by Crippen LogP contribution is -2.42. The number of oxime groups is 1. The van der Waals surface area contributed by atoms with Crippen molar-refractivity contribution in [2.45, 2.75) is 19.3 Å². The predicted molar refractivity (Wildman–Crippen MR) is 54.4 cm³/mol. The minimum Gasteiger partial charge on any atom is -0.409 e. The van der Waals surface area contributed by atoms with Crippen molar-refractivity contribution in [3.63, 3.8) is 0 Å². The van der Waals surface area contributed by atoms with Crippen LogP contribution in [0.25, 0.3) is 0 Å². The van der Waals surface area contributed by atoms with Crippen molar-refractivity contribution in [3.05, 3.63) is 0 Å². The van der Waals surface area contributed by atoms with Crippen LogP contribution in [-0.2, 0) is 4.79 Å². The standard InChI is InChI=1S/C9H17N3O3/c10-8(11-15)4-9(14)12-3-1-2-7(5-12)6-13/h7,13,15H,1-6H2,(H2,10,11). The maximum Gasteiger partial charge on any atom is 0.230 e. The molecule has 1 aliphatic rings. The molecule has 4 N–H and O–H groups in total. The van der Waals surface area contributed by atoms with Gasteiger partial charge in [0.1, 0.15) is 5.84 Å². The molecule has 1 saturated heterocycles. The number of likely N-dealkylation sites (tertiary alicyclic amines) is 1. The van der Waals surface area contributed by atoms with E-state index < -0.39 is 0 Å². The Hall–Kier alpha value is -1.30. The average molecular weight is 215 g/mol. The number of hydrogen-bond acceptors (Lipinski definition) is 4. The second-order valence-corrected chi connectivity index (χ2v) is 3.80. The molecule has 6 nitrogen and oxygen atoms in total. The molecule has 1 heterocycles. The van der Waals surface area contributed by atoms with E-state index in [1.165, 1.54) is 0 Å². The number of carbonyl (C=O) groups is 1. The third-order valence-corrected chi connectivity index (χ3v) is 2.59. The second kappa shape index (κ2) is 5.55. The fraction of sp³-hybridized carbons (Fsp3) is 0.778. The summed E-state index contributed by atoms with van der Waals surface area (Å²) in [6.45, 7) is 1.36. The summed E-state index contributed by atoms with van der Waals surface area (Å²) in [4.78, 5) is 13.3. The lowest BCUT2D eigenvalue weighted by molar-refractivity contribution is -0.132. The Morgan fingerprint density at radius 1 is 1.60 bits per heavy atom. The van der Waals surface area contributed by atoms with Crippen LogP contribution in [0.5, 0.6) is 0 Å². The minimum atomic E-state index is -0.150. The third-order valence-electron chi connectivity index (χ3n) is 2.59. The van der Waals surface area contributed by atoms with Crippen molar-refractivity contribution < 1.29 is 15.1 Å². The first-order valence-corrected chi connectivity index (χ1v) is 5.02. The van der Waals surface area contributed by atoms with E-state index in [9.17, 15) is 4.79 Å². The molecule has 1 unspecified atom stereocenters. The van der Waals surface area contributed by atoms with Gasteiger partial charge in [0.15, 0.2) is 0 Å². The van der Waals surface area contributed by atoms with Crippen LogP contribution in [-0.4, -0.2) is 46.7 Å². The van der Waals surface area contributed by atoms with Gasteiger partial charge in [0.05, 0.1) is 6.42 Å². The summed E-state index contributed by atoms with van der Waals surface area (Å²) < 4.78 is 0. The molecular weight excluding hydrogens is 198 g/mol. The maximum atomic E-state index is 11.6. The van der Waals surface area contributed by atoms with Gasteiger partial charge >= 0.3 is 0 Å². The van der Waals surface area contributed by atoms with Gasteiger partial charge in [-0.2, -0.15) is 0 Å². The Kier molecular flexibility index (Phi) is 4.36. The number of aliphatic hydroxyl groups is 1. The van der Waals surface area contributed by atoms with Gasteiger partial charge in [-0.1, -0.05) is 5.16 Å². The molecular formula is C9H17N3O3. The topological polar surface area (TPSA) is 99.2 Å². The zero-order chi connectivity index (χ0) is 11.3. The Bertz CT molecular complexity index is 255. The molecule has 0 saturated carbocycles. The van der Waals surface area contributed by atoms with E-state index >= 15 is 0 Å². The molecule has 1 atom stereocenters. The van der Waals surface area contributed by atoms with Gasteiger partial charge in [0.2, 0.25) is 5.91 Å². The molecule has 15 heavy (non-hydrogen) atoms. The smallest absolute Gasteiger partial charge is 0.230 e. The van der Waals surface area contributed by atoms with E-state index in [1.54, 1.807) is 4.90 Å². The number of piperidine rings is 1. The Labute approximate surface area is 88.4 Å². The second-order valence-electron chi connectivity index (χ2n) is 3.80. The minimum absolute atomic E-state index is 0.0609. The van der Waals surface area contributed by atoms with Crippen LogP contribution in [0.2, 0.25) is 0 Å². The molecule has 1 rings (SSSR count). The van der Waals surface area contributed by atoms with Crippen molar-refractivity contribution in [2.24, 2.45) is 16.8 Å². The zero-order valence-corrected chi connectivity index (χ0v) is 8.59. The Balaban J connectivity index is 2.45. The quantitative estimate of drug-likeness (QED) is 0.252. The SMILES string of the molecule is N/C(CC(=O)N1CCCC(CO)C1)=N\O. The number of hydrogen-bond donors (Lipinski definition) is 3. The van der Waals surface area contributed by atoms with Crippen LogP contribution >= 0.6 is 0 Å². The van der Waals surface area contributed by atoms with Crippen LogP contribution in [0.4, 0.5) is 0 Å². The highest BCUT2D eigenvalue weighted by Gasteiger charge is 2.23. The van der Waals surface area contributed by atoms with Crippen molar-refractivity contribution in [1.82, 2.24) is 4.90 Å². The van der Waals surface area contributed by atoms with E-state index in [-0.39, 0.29) is 30.7 Å². The molecule has 0 bridgehead atoms. The van der Waals surface area contributed by atoms with Crippen molar-refractivity contribution in [1.29, 1.82) is 0 Å². The summed E-state index contributed by atoms with van der Waals surface area (Å²) in [5.74, 6) is -0.0652. The summed E-state index contributed by atoms with van der Waals surface area (Å²) in [5.41, 5.74) is 5.25. The van der Waals surface area contributed by atoms with Crippen LogP contribution in [0.15, 0.2) is 5.16 Å². The van der Waals surface area contributed by atoms with E-state index in [0.29, 0.717) is 13.1 Å². The monoisotopic (exact) mass is 215 g/mol. The van der Waals surface area contributed by atoms with Crippen LogP contribution in [0.1, 0.15) is 19.3 Å². The predicted octanol–water partition coefficient (Wildman–Crippen LogP) is -0.646. The summed E-state index contributed by atoms with van der Waals surface area (Å²) in [6.07, 6.45) is 1.78. The largest absolute Gasteiger partial charge is 0.409 e. The number of amides is 1. The number of nitrogens with two attached hydrogens (primary N) is 1. The Morgan fingerprint density at radius 3 is 2.93 bits per heavy atom. The molecule has 0 spiro atoms. The molecule has 0 aromatic carbocycles. The normalized spacial score (nSPS) is 22.9. The number of amidine groups is 1. The molecule has 1 fully saturated rings. The fourth-order valence-corrected chi connectivity index (χ4v) is 1.74. The molecule has 0 aromatic heterocycles. The highest BCUT2D eigenvalue weighted by molar-refractivity contribution is 5.98. The van der Waals surface area contributed by atoms with Crippen LogP contribution < -0.4 is 5.73 Å². The number of rotatable bonds is 3. The van der Waals surface area contributed by atoms with E-state index in [2.05, 4.69) is 5.16 Å². The van der Waals surface area contributed by atoms with Gasteiger partial charge in [-0.25, -0.2) is 0 Å². The molecule has 0 aliphatic carbocycles.